The van der Waals surface area contributed by atoms with Gasteiger partial charge in [-0.15, -0.1) is 0 Å². The molecule has 39 heavy (non-hydrogen) atoms. The maximum atomic E-state index is 11.3. The summed E-state index contributed by atoms with van der Waals surface area (Å²) in [6.45, 7) is 1.55. The molecule has 7 nitrogen and oxygen atoms in total. The van der Waals surface area contributed by atoms with Crippen molar-refractivity contribution in [3.63, 3.8) is 0 Å². The van der Waals surface area contributed by atoms with Crippen LogP contribution in [0.1, 0.15) is 11.1 Å². The number of nitrogens with zero attached hydrogens (tertiary/aromatic N) is 2. The number of hydrogen-bond donors (Lipinski definition) is 2. The second-order valence-corrected chi connectivity index (χ2v) is 11.6. The molecule has 5 aromatic rings. The minimum absolute atomic E-state index is 0.125. The van der Waals surface area contributed by atoms with Crippen LogP contribution < -0.4 is 15.4 Å². The zero-order valence-electron chi connectivity index (χ0n) is 21.7. The molecule has 0 saturated carbocycles. The molecule has 0 fully saturated rings. The average molecular weight is 539 g/mol. The van der Waals surface area contributed by atoms with Crippen molar-refractivity contribution in [3.05, 3.63) is 115 Å². The van der Waals surface area contributed by atoms with Gasteiger partial charge in [0.25, 0.3) is 0 Å². The minimum atomic E-state index is -2.97. The van der Waals surface area contributed by atoms with Crippen LogP contribution in [0.2, 0.25) is 0 Å². The highest BCUT2D eigenvalue weighted by Gasteiger charge is 2.08. The summed E-state index contributed by atoms with van der Waals surface area (Å²) in [7, 11) is -2.97. The molecular weight excluding hydrogens is 508 g/mol. The Kier molecular flexibility index (Phi) is 8.15. The molecule has 0 aliphatic carbocycles. The lowest BCUT2D eigenvalue weighted by molar-refractivity contribution is 0.306. The molecule has 1 aromatic heterocycles. The number of nitrogens with one attached hydrogen (secondary N) is 2. The molecule has 0 bridgehead atoms. The summed E-state index contributed by atoms with van der Waals surface area (Å²) < 4.78 is 28.6. The summed E-state index contributed by atoms with van der Waals surface area (Å²) in [5.41, 5.74) is 6.07. The standard InChI is InChI=1S/C31H30N4O3S/c1-39(36,37)17-16-32-20-24-8-5-9-25(18-24)26-10-15-29-30(19-26)33-22-34-31(29)35-27-11-13-28(14-12-27)38-21-23-6-3-2-4-7-23/h2-15,18-19,22,32H,16-17,20-21H2,1H3,(H,33,34,35). The van der Waals surface area contributed by atoms with Gasteiger partial charge in [-0.1, -0.05) is 54.6 Å². The van der Waals surface area contributed by atoms with Gasteiger partial charge in [0.1, 0.15) is 34.3 Å². The molecule has 0 saturated heterocycles. The van der Waals surface area contributed by atoms with Gasteiger partial charge < -0.3 is 15.4 Å². The summed E-state index contributed by atoms with van der Waals surface area (Å²) in [5, 5.41) is 7.52. The molecule has 0 spiro atoms. The van der Waals surface area contributed by atoms with Crippen molar-refractivity contribution in [3.8, 4) is 16.9 Å². The van der Waals surface area contributed by atoms with Crippen LogP contribution in [0.4, 0.5) is 11.5 Å². The van der Waals surface area contributed by atoms with E-state index in [4.69, 9.17) is 4.74 Å². The fraction of sp³-hybridized carbons (Fsp3) is 0.161. The third kappa shape index (κ3) is 7.40. The highest BCUT2D eigenvalue weighted by Crippen LogP contribution is 2.29. The number of ether oxygens (including phenoxy) is 1. The molecule has 0 unspecified atom stereocenters. The monoisotopic (exact) mass is 538 g/mol. The quantitative estimate of drug-likeness (QED) is 0.207. The molecule has 0 radical (unpaired) electrons. The Labute approximate surface area is 228 Å². The Balaban J connectivity index is 1.26. The van der Waals surface area contributed by atoms with Crippen molar-refractivity contribution in [2.24, 2.45) is 0 Å². The number of sulfone groups is 1. The SMILES string of the molecule is CS(=O)(=O)CCNCc1cccc(-c2ccc3c(Nc4ccc(OCc5ccccc5)cc4)ncnc3c2)c1. The first-order valence-corrected chi connectivity index (χ1v) is 14.8. The normalized spacial score (nSPS) is 11.4. The summed E-state index contributed by atoms with van der Waals surface area (Å²) >= 11 is 0. The van der Waals surface area contributed by atoms with Gasteiger partial charge in [-0.05, 0) is 64.7 Å². The smallest absolute Gasteiger partial charge is 0.148 e. The van der Waals surface area contributed by atoms with E-state index in [9.17, 15) is 8.42 Å². The summed E-state index contributed by atoms with van der Waals surface area (Å²) in [5.74, 6) is 1.65. The summed E-state index contributed by atoms with van der Waals surface area (Å²) in [6.07, 6.45) is 2.81. The Bertz CT molecular complexity index is 1660. The van der Waals surface area contributed by atoms with Gasteiger partial charge in [-0.3, -0.25) is 0 Å². The lowest BCUT2D eigenvalue weighted by Gasteiger charge is -2.11. The Morgan fingerprint density at radius 3 is 2.36 bits per heavy atom. The highest BCUT2D eigenvalue weighted by molar-refractivity contribution is 7.90. The molecule has 0 amide bonds. The average Bonchev–Trinajstić information content (AvgIpc) is 2.95. The molecule has 0 atom stereocenters. The van der Waals surface area contributed by atoms with Gasteiger partial charge in [0.2, 0.25) is 0 Å². The van der Waals surface area contributed by atoms with E-state index in [1.165, 1.54) is 6.26 Å². The fourth-order valence-corrected chi connectivity index (χ4v) is 4.71. The lowest BCUT2D eigenvalue weighted by atomic mass is 10.0. The minimum Gasteiger partial charge on any atom is -0.489 e. The van der Waals surface area contributed by atoms with Crippen LogP contribution in [0.25, 0.3) is 22.0 Å². The summed E-state index contributed by atoms with van der Waals surface area (Å²) in [6, 6.07) is 32.3. The van der Waals surface area contributed by atoms with Crippen LogP contribution in [0.3, 0.4) is 0 Å². The van der Waals surface area contributed by atoms with E-state index in [0.717, 1.165) is 50.4 Å². The van der Waals surface area contributed by atoms with Gasteiger partial charge in [-0.2, -0.15) is 0 Å². The molecule has 1 heterocycles. The van der Waals surface area contributed by atoms with E-state index >= 15 is 0 Å². The van der Waals surface area contributed by atoms with Crippen LogP contribution in [-0.2, 0) is 23.0 Å². The predicted molar refractivity (Wildman–Crippen MR) is 157 cm³/mol. The number of anilines is 2. The zero-order valence-corrected chi connectivity index (χ0v) is 22.5. The number of aromatic nitrogens is 2. The molecule has 2 N–H and O–H groups in total. The molecule has 4 aromatic carbocycles. The highest BCUT2D eigenvalue weighted by atomic mass is 32.2. The fourth-order valence-electron chi connectivity index (χ4n) is 4.20. The van der Waals surface area contributed by atoms with E-state index in [0.29, 0.717) is 19.7 Å². The Morgan fingerprint density at radius 2 is 1.56 bits per heavy atom. The van der Waals surface area contributed by atoms with Gasteiger partial charge in [0, 0.05) is 30.4 Å². The van der Waals surface area contributed by atoms with E-state index in [1.54, 1.807) is 6.33 Å². The van der Waals surface area contributed by atoms with Gasteiger partial charge in [0.15, 0.2) is 0 Å². The maximum absolute atomic E-state index is 11.3. The van der Waals surface area contributed by atoms with Gasteiger partial charge in [-0.25, -0.2) is 18.4 Å². The second kappa shape index (κ2) is 12.1. The zero-order chi connectivity index (χ0) is 27.1. The van der Waals surface area contributed by atoms with E-state index in [2.05, 4.69) is 44.9 Å². The Morgan fingerprint density at radius 1 is 0.795 bits per heavy atom. The number of hydrogen-bond acceptors (Lipinski definition) is 7. The number of rotatable bonds is 11. The van der Waals surface area contributed by atoms with Crippen LogP contribution in [0.15, 0.2) is 103 Å². The first-order chi connectivity index (χ1) is 18.9. The predicted octanol–water partition coefficient (Wildman–Crippen LogP) is 5.75. The van der Waals surface area contributed by atoms with Crippen molar-refractivity contribution in [1.82, 2.24) is 15.3 Å². The van der Waals surface area contributed by atoms with E-state index < -0.39 is 9.84 Å². The van der Waals surface area contributed by atoms with Crippen molar-refractivity contribution < 1.29 is 13.2 Å². The third-order valence-electron chi connectivity index (χ3n) is 6.24. The molecular formula is C31H30N4O3S. The van der Waals surface area contributed by atoms with E-state index in [1.807, 2.05) is 72.8 Å². The molecule has 0 aliphatic heterocycles. The van der Waals surface area contributed by atoms with Crippen LogP contribution >= 0.6 is 0 Å². The van der Waals surface area contributed by atoms with Crippen LogP contribution in [-0.4, -0.2) is 36.9 Å². The Hall–Kier alpha value is -4.27. The summed E-state index contributed by atoms with van der Waals surface area (Å²) in [4.78, 5) is 8.97. The van der Waals surface area contributed by atoms with Crippen molar-refractivity contribution >= 4 is 32.2 Å². The number of fused-ring (bicyclic) bond motifs is 1. The molecule has 8 heteroatoms. The second-order valence-electron chi connectivity index (χ2n) is 9.38. The van der Waals surface area contributed by atoms with Crippen molar-refractivity contribution in [1.29, 1.82) is 0 Å². The van der Waals surface area contributed by atoms with Crippen molar-refractivity contribution in [2.75, 3.05) is 23.9 Å². The molecule has 198 valence electrons. The van der Waals surface area contributed by atoms with Crippen molar-refractivity contribution in [2.45, 2.75) is 13.2 Å². The van der Waals surface area contributed by atoms with Crippen LogP contribution in [0, 0.1) is 0 Å². The lowest BCUT2D eigenvalue weighted by Crippen LogP contribution is -2.21. The van der Waals surface area contributed by atoms with Crippen LogP contribution in [0.5, 0.6) is 5.75 Å². The third-order valence-corrected chi connectivity index (χ3v) is 7.19. The molecule has 0 aliphatic rings. The molecule has 5 rings (SSSR count). The first kappa shape index (κ1) is 26.3. The van der Waals surface area contributed by atoms with E-state index in [-0.39, 0.29) is 5.75 Å². The van der Waals surface area contributed by atoms with Gasteiger partial charge >= 0.3 is 0 Å². The first-order valence-electron chi connectivity index (χ1n) is 12.7. The largest absolute Gasteiger partial charge is 0.489 e. The maximum Gasteiger partial charge on any atom is 0.148 e. The van der Waals surface area contributed by atoms with Gasteiger partial charge in [0.05, 0.1) is 11.3 Å². The topological polar surface area (TPSA) is 93.2 Å². The number of benzene rings is 4.